The first kappa shape index (κ1) is 9.82. The Morgan fingerprint density at radius 3 is 2.93 bits per heavy atom. The molecule has 0 aliphatic rings. The first-order valence-electron chi connectivity index (χ1n) is 4.59. The van der Waals surface area contributed by atoms with Crippen LogP contribution >= 0.6 is 0 Å². The minimum absolute atomic E-state index is 0.162. The number of furan rings is 1. The molecule has 0 bridgehead atoms. The van der Waals surface area contributed by atoms with Gasteiger partial charge < -0.3 is 4.42 Å². The van der Waals surface area contributed by atoms with E-state index in [4.69, 9.17) is 10.3 Å². The number of hydrazine groups is 1. The topological polar surface area (TPSA) is 77.0 Å². The summed E-state index contributed by atoms with van der Waals surface area (Å²) in [5.41, 5.74) is 4.46. The van der Waals surface area contributed by atoms with Gasteiger partial charge in [-0.25, -0.2) is 15.4 Å². The highest BCUT2D eigenvalue weighted by molar-refractivity contribution is 5.23. The van der Waals surface area contributed by atoms with Gasteiger partial charge in [-0.1, -0.05) is 0 Å². The zero-order valence-electron chi connectivity index (χ0n) is 8.34. The molecule has 5 heteroatoms. The largest absolute Gasteiger partial charge is 0.472 e. The Hall–Kier alpha value is -1.72. The van der Waals surface area contributed by atoms with Crippen LogP contribution in [0.5, 0.6) is 0 Å². The minimum Gasteiger partial charge on any atom is -0.472 e. The number of nitrogens with two attached hydrogens (primary N) is 1. The van der Waals surface area contributed by atoms with E-state index in [0.29, 0.717) is 0 Å². The molecule has 0 radical (unpaired) electrons. The fraction of sp³-hybridized carbons (Fsp3) is 0.200. The van der Waals surface area contributed by atoms with Gasteiger partial charge in [0.25, 0.3) is 0 Å². The Bertz CT molecular complexity index is 427. The third-order valence-corrected chi connectivity index (χ3v) is 2.14. The molecule has 2 rings (SSSR count). The molecule has 3 N–H and O–H groups in total. The normalized spacial score (nSPS) is 12.7. The highest BCUT2D eigenvalue weighted by atomic mass is 16.3. The number of rotatable bonds is 3. The molecule has 0 fully saturated rings. The van der Waals surface area contributed by atoms with E-state index in [1.807, 2.05) is 19.1 Å². The van der Waals surface area contributed by atoms with Crippen LogP contribution in [0.3, 0.4) is 0 Å². The molecule has 0 aliphatic heterocycles. The summed E-state index contributed by atoms with van der Waals surface area (Å²) in [7, 11) is 0. The molecule has 15 heavy (non-hydrogen) atoms. The molecule has 0 spiro atoms. The molecule has 0 aliphatic carbocycles. The second-order valence-corrected chi connectivity index (χ2v) is 3.19. The smallest absolute Gasteiger partial charge is 0.125 e. The Morgan fingerprint density at radius 2 is 2.33 bits per heavy atom. The van der Waals surface area contributed by atoms with Crippen LogP contribution in [0.25, 0.3) is 0 Å². The van der Waals surface area contributed by atoms with Crippen molar-refractivity contribution in [2.24, 2.45) is 5.84 Å². The maximum atomic E-state index is 5.49. The predicted octanol–water partition coefficient (Wildman–Crippen LogP) is 0.931. The van der Waals surface area contributed by atoms with Crippen LogP contribution < -0.4 is 11.3 Å². The monoisotopic (exact) mass is 204 g/mol. The average molecular weight is 204 g/mol. The third-order valence-electron chi connectivity index (χ3n) is 2.14. The molecule has 78 valence electrons. The molecule has 5 nitrogen and oxygen atoms in total. The summed E-state index contributed by atoms with van der Waals surface area (Å²) < 4.78 is 5.01. The van der Waals surface area contributed by atoms with E-state index < -0.39 is 0 Å². The van der Waals surface area contributed by atoms with Crippen molar-refractivity contribution < 1.29 is 4.42 Å². The molecule has 0 saturated carbocycles. The lowest BCUT2D eigenvalue weighted by molar-refractivity contribution is 0.550. The molecule has 1 unspecified atom stereocenters. The number of hydrogen-bond acceptors (Lipinski definition) is 5. The van der Waals surface area contributed by atoms with Gasteiger partial charge in [-0.05, 0) is 19.1 Å². The number of nitrogens with zero attached hydrogens (tertiary/aromatic N) is 2. The molecule has 0 amide bonds. The van der Waals surface area contributed by atoms with E-state index >= 15 is 0 Å². The van der Waals surface area contributed by atoms with Gasteiger partial charge in [0.15, 0.2) is 0 Å². The van der Waals surface area contributed by atoms with Crippen LogP contribution in [0.4, 0.5) is 0 Å². The molecule has 0 aromatic carbocycles. The lowest BCUT2D eigenvalue weighted by Gasteiger charge is -2.13. The third kappa shape index (κ3) is 2.03. The van der Waals surface area contributed by atoms with Crippen LogP contribution in [0.1, 0.15) is 23.1 Å². The van der Waals surface area contributed by atoms with Gasteiger partial charge in [0, 0.05) is 11.8 Å². The van der Waals surface area contributed by atoms with Crippen molar-refractivity contribution in [3.05, 3.63) is 47.9 Å². The summed E-state index contributed by atoms with van der Waals surface area (Å²) in [6.07, 6.45) is 4.96. The van der Waals surface area contributed by atoms with Crippen LogP contribution in [-0.2, 0) is 0 Å². The zero-order chi connectivity index (χ0) is 10.7. The zero-order valence-corrected chi connectivity index (χ0v) is 8.34. The average Bonchev–Trinajstić information content (AvgIpc) is 2.72. The van der Waals surface area contributed by atoms with Gasteiger partial charge in [-0.15, -0.1) is 0 Å². The number of hydrogen-bond donors (Lipinski definition) is 2. The summed E-state index contributed by atoms with van der Waals surface area (Å²) in [5.74, 6) is 6.21. The van der Waals surface area contributed by atoms with Gasteiger partial charge >= 0.3 is 0 Å². The van der Waals surface area contributed by atoms with Gasteiger partial charge in [0.1, 0.15) is 5.82 Å². The van der Waals surface area contributed by atoms with Crippen molar-refractivity contribution >= 4 is 0 Å². The number of nitrogens with one attached hydrogen (secondary N) is 1. The quantitative estimate of drug-likeness (QED) is 0.574. The standard InChI is InChI=1S/C10H12N4O/c1-7-12-4-2-9(13-7)10(14-11)8-3-5-15-6-8/h2-6,10,14H,11H2,1H3. The number of aryl methyl sites for hydroxylation is 1. The van der Waals surface area contributed by atoms with Crippen molar-refractivity contribution in [2.75, 3.05) is 0 Å². The summed E-state index contributed by atoms with van der Waals surface area (Å²) in [5, 5.41) is 0. The van der Waals surface area contributed by atoms with Gasteiger partial charge in [-0.3, -0.25) is 5.84 Å². The Morgan fingerprint density at radius 1 is 1.47 bits per heavy atom. The van der Waals surface area contributed by atoms with Crippen LogP contribution in [0.15, 0.2) is 35.3 Å². The predicted molar refractivity (Wildman–Crippen MR) is 54.6 cm³/mol. The lowest BCUT2D eigenvalue weighted by Crippen LogP contribution is -2.29. The molecule has 2 aromatic heterocycles. The molecular weight excluding hydrogens is 192 g/mol. The van der Waals surface area contributed by atoms with Crippen LogP contribution in [0, 0.1) is 6.92 Å². The van der Waals surface area contributed by atoms with Crippen LogP contribution in [-0.4, -0.2) is 9.97 Å². The van der Waals surface area contributed by atoms with Crippen molar-refractivity contribution in [1.29, 1.82) is 0 Å². The fourth-order valence-corrected chi connectivity index (χ4v) is 1.43. The Labute approximate surface area is 87.3 Å². The highest BCUT2D eigenvalue weighted by Crippen LogP contribution is 2.19. The summed E-state index contributed by atoms with van der Waals surface area (Å²) in [4.78, 5) is 8.34. The SMILES string of the molecule is Cc1nccc(C(NN)c2ccoc2)n1. The summed E-state index contributed by atoms with van der Waals surface area (Å²) >= 11 is 0. The molecule has 2 aromatic rings. The maximum absolute atomic E-state index is 5.49. The molecule has 1 atom stereocenters. The van der Waals surface area contributed by atoms with Crippen molar-refractivity contribution in [1.82, 2.24) is 15.4 Å². The van der Waals surface area contributed by atoms with E-state index in [0.717, 1.165) is 17.1 Å². The second-order valence-electron chi connectivity index (χ2n) is 3.19. The van der Waals surface area contributed by atoms with Gasteiger partial charge in [0.2, 0.25) is 0 Å². The second kappa shape index (κ2) is 4.20. The van der Waals surface area contributed by atoms with Gasteiger partial charge in [0.05, 0.1) is 24.3 Å². The maximum Gasteiger partial charge on any atom is 0.125 e. The first-order valence-corrected chi connectivity index (χ1v) is 4.59. The summed E-state index contributed by atoms with van der Waals surface area (Å²) in [6, 6.07) is 3.51. The van der Waals surface area contributed by atoms with E-state index in [1.165, 1.54) is 0 Å². The van der Waals surface area contributed by atoms with Crippen LogP contribution in [0.2, 0.25) is 0 Å². The fourth-order valence-electron chi connectivity index (χ4n) is 1.43. The highest BCUT2D eigenvalue weighted by Gasteiger charge is 2.14. The molecule has 0 saturated heterocycles. The Kier molecular flexibility index (Phi) is 2.75. The van der Waals surface area contributed by atoms with E-state index in [-0.39, 0.29) is 6.04 Å². The van der Waals surface area contributed by atoms with Crippen molar-refractivity contribution in [3.8, 4) is 0 Å². The van der Waals surface area contributed by atoms with Crippen molar-refractivity contribution in [2.45, 2.75) is 13.0 Å². The van der Waals surface area contributed by atoms with Crippen molar-refractivity contribution in [3.63, 3.8) is 0 Å². The Balaban J connectivity index is 2.35. The molecular formula is C10H12N4O. The minimum atomic E-state index is -0.162. The van der Waals surface area contributed by atoms with E-state index in [9.17, 15) is 0 Å². The van der Waals surface area contributed by atoms with E-state index in [2.05, 4.69) is 15.4 Å². The molecule has 2 heterocycles. The first-order chi connectivity index (χ1) is 7.31. The number of aromatic nitrogens is 2. The van der Waals surface area contributed by atoms with Gasteiger partial charge in [-0.2, -0.15) is 0 Å². The van der Waals surface area contributed by atoms with E-state index in [1.54, 1.807) is 18.7 Å². The lowest BCUT2D eigenvalue weighted by atomic mass is 10.1. The summed E-state index contributed by atoms with van der Waals surface area (Å²) in [6.45, 7) is 1.84.